The molecule has 0 aromatic rings. The fraction of sp³-hybridized carbons (Fsp3) is 1.00. The highest BCUT2D eigenvalue weighted by Crippen LogP contribution is 2.46. The maximum absolute atomic E-state index is 11.5. The molecule has 2 unspecified atom stereocenters. The van der Waals surface area contributed by atoms with Gasteiger partial charge in [0.2, 0.25) is 0 Å². The minimum absolute atomic E-state index is 0.136. The van der Waals surface area contributed by atoms with Crippen molar-refractivity contribution >= 4 is 23.5 Å². The molecule has 1 aliphatic heterocycles. The predicted molar refractivity (Wildman–Crippen MR) is 146 cm³/mol. The van der Waals surface area contributed by atoms with E-state index in [1.807, 2.05) is 11.9 Å². The van der Waals surface area contributed by atoms with Crippen LogP contribution < -0.4 is 5.32 Å². The molecule has 7 heteroatoms. The summed E-state index contributed by atoms with van der Waals surface area (Å²) in [6.45, 7) is 10.9. The van der Waals surface area contributed by atoms with Crippen molar-refractivity contribution in [3.8, 4) is 0 Å². The number of nitrogens with zero attached hydrogens (tertiary/aromatic N) is 2. The largest absolute Gasteiger partial charge is 0.378 e. The van der Waals surface area contributed by atoms with E-state index >= 15 is 0 Å². The number of hydrogen-bond acceptors (Lipinski definition) is 6. The molecule has 2 aliphatic carbocycles. The molecule has 0 aromatic carbocycles. The lowest BCUT2D eigenvalue weighted by Crippen LogP contribution is -2.60. The van der Waals surface area contributed by atoms with Crippen molar-refractivity contribution in [2.24, 2.45) is 29.1 Å². The second-order valence-corrected chi connectivity index (χ2v) is 14.8. The summed E-state index contributed by atoms with van der Waals surface area (Å²) in [6, 6.07) is -0.136. The second-order valence-electron chi connectivity index (χ2n) is 12.6. The van der Waals surface area contributed by atoms with Crippen molar-refractivity contribution < 1.29 is 10.2 Å². The summed E-state index contributed by atoms with van der Waals surface area (Å²) >= 11 is 8.29. The number of halogens is 1. The number of aliphatic hydroxyl groups is 2. The molecule has 1 heterocycles. The zero-order valence-corrected chi connectivity index (χ0v) is 24.1. The molecule has 5 nitrogen and oxygen atoms in total. The highest BCUT2D eigenvalue weighted by atomic mass is 35.5. The van der Waals surface area contributed by atoms with E-state index in [1.165, 1.54) is 12.8 Å². The van der Waals surface area contributed by atoms with Crippen LogP contribution in [-0.4, -0.2) is 75.7 Å². The molecular formula is C27H52ClN3O2S. The Bertz CT molecular complexity index is 607. The third-order valence-electron chi connectivity index (χ3n) is 8.91. The van der Waals surface area contributed by atoms with Crippen LogP contribution in [-0.2, 0) is 0 Å². The van der Waals surface area contributed by atoms with Gasteiger partial charge < -0.3 is 10.2 Å². The fourth-order valence-electron chi connectivity index (χ4n) is 6.99. The first-order valence-corrected chi connectivity index (χ1v) is 15.1. The number of aliphatic hydroxyl groups excluding tert-OH is 2. The third-order valence-corrected chi connectivity index (χ3v) is 10.5. The van der Waals surface area contributed by atoms with E-state index in [2.05, 4.69) is 56.3 Å². The van der Waals surface area contributed by atoms with Gasteiger partial charge in [0, 0.05) is 23.7 Å². The Morgan fingerprint density at radius 2 is 1.59 bits per heavy atom. The fourth-order valence-corrected chi connectivity index (χ4v) is 8.32. The monoisotopic (exact) mass is 517 g/mol. The average molecular weight is 518 g/mol. The molecule has 4 atom stereocenters. The maximum Gasteiger partial charge on any atom is 0.123 e. The van der Waals surface area contributed by atoms with Crippen LogP contribution in [0, 0.1) is 29.1 Å². The SMILES string of the molecule is CC(C)[C@@H](NC(O)C1CCC(SN(C)C)CC1)C(O)N1CC[C@H](C2CCC(Cl)CC2)C(C)(C)C1. The first-order valence-electron chi connectivity index (χ1n) is 13.8. The molecule has 3 rings (SSSR count). The Hall–Kier alpha value is 0.440. The van der Waals surface area contributed by atoms with Gasteiger partial charge in [0.25, 0.3) is 0 Å². The van der Waals surface area contributed by atoms with Gasteiger partial charge in [-0.25, -0.2) is 0 Å². The Morgan fingerprint density at radius 1 is 0.971 bits per heavy atom. The minimum Gasteiger partial charge on any atom is -0.378 e. The van der Waals surface area contributed by atoms with Crippen molar-refractivity contribution in [3.05, 3.63) is 0 Å². The Morgan fingerprint density at radius 3 is 2.12 bits per heavy atom. The van der Waals surface area contributed by atoms with Gasteiger partial charge >= 0.3 is 0 Å². The van der Waals surface area contributed by atoms with E-state index in [0.29, 0.717) is 16.5 Å². The summed E-state index contributed by atoms with van der Waals surface area (Å²) < 4.78 is 2.19. The van der Waals surface area contributed by atoms with Crippen LogP contribution >= 0.6 is 23.5 Å². The predicted octanol–water partition coefficient (Wildman–Crippen LogP) is 5.15. The van der Waals surface area contributed by atoms with E-state index in [-0.39, 0.29) is 23.3 Å². The lowest BCUT2D eigenvalue weighted by Gasteiger charge is -2.51. The molecule has 0 spiro atoms. The standard InChI is InChI=1S/C27H52ClN3O2S/c1-18(2)24(29-25(32)20-9-13-22(14-10-20)34-30(5)6)26(33)31-16-15-23(27(3,4)17-31)19-7-11-21(28)12-8-19/h18-26,29,32-33H,7-17H2,1-6H3/t19?,20?,21?,22?,23-,24-,25?,26?/m1/s1. The normalized spacial score (nSPS) is 35.9. The number of alkyl halides is 1. The quantitative estimate of drug-likeness (QED) is 0.223. The maximum atomic E-state index is 11.5. The molecule has 1 saturated heterocycles. The van der Waals surface area contributed by atoms with Gasteiger partial charge in [-0.3, -0.25) is 14.5 Å². The molecule has 0 radical (unpaired) electrons. The summed E-state index contributed by atoms with van der Waals surface area (Å²) in [7, 11) is 4.21. The molecule has 200 valence electrons. The van der Waals surface area contributed by atoms with Gasteiger partial charge in [-0.05, 0) is 101 Å². The molecular weight excluding hydrogens is 466 g/mol. The molecule has 3 fully saturated rings. The van der Waals surface area contributed by atoms with E-state index in [0.717, 1.165) is 64.0 Å². The van der Waals surface area contributed by atoms with Gasteiger partial charge in [-0.1, -0.05) is 39.6 Å². The Kier molecular flexibility index (Phi) is 10.9. The molecule has 3 aliphatic rings. The van der Waals surface area contributed by atoms with E-state index in [1.54, 1.807) is 0 Å². The van der Waals surface area contributed by atoms with Crippen LogP contribution in [0.25, 0.3) is 0 Å². The van der Waals surface area contributed by atoms with Crippen LogP contribution in [0.1, 0.15) is 85.5 Å². The van der Waals surface area contributed by atoms with Crippen LogP contribution in [0.2, 0.25) is 0 Å². The molecule has 2 saturated carbocycles. The summed E-state index contributed by atoms with van der Waals surface area (Å²) in [6.07, 6.45) is 9.21. The van der Waals surface area contributed by atoms with Crippen LogP contribution in [0.4, 0.5) is 0 Å². The first-order chi connectivity index (χ1) is 16.0. The Balaban J connectivity index is 1.54. The number of nitrogens with one attached hydrogen (secondary N) is 1. The molecule has 3 N–H and O–H groups in total. The van der Waals surface area contributed by atoms with E-state index in [4.69, 9.17) is 11.6 Å². The molecule has 34 heavy (non-hydrogen) atoms. The van der Waals surface area contributed by atoms with Gasteiger partial charge in [0.1, 0.15) is 12.5 Å². The smallest absolute Gasteiger partial charge is 0.123 e. The first kappa shape index (κ1) is 29.0. The number of likely N-dealkylation sites (tertiary alicyclic amines) is 1. The number of piperidine rings is 1. The second kappa shape index (κ2) is 12.8. The minimum atomic E-state index is -0.575. The third kappa shape index (κ3) is 7.72. The van der Waals surface area contributed by atoms with Crippen molar-refractivity contribution in [1.82, 2.24) is 14.5 Å². The van der Waals surface area contributed by atoms with E-state index in [9.17, 15) is 10.2 Å². The van der Waals surface area contributed by atoms with Gasteiger partial charge in [0.15, 0.2) is 0 Å². The number of rotatable bonds is 9. The summed E-state index contributed by atoms with van der Waals surface area (Å²) in [5.41, 5.74) is 0.172. The molecule has 0 bridgehead atoms. The average Bonchev–Trinajstić information content (AvgIpc) is 2.77. The van der Waals surface area contributed by atoms with Crippen LogP contribution in [0.15, 0.2) is 0 Å². The highest BCUT2D eigenvalue weighted by molar-refractivity contribution is 7.97. The van der Waals surface area contributed by atoms with Crippen LogP contribution in [0.5, 0.6) is 0 Å². The lowest BCUT2D eigenvalue weighted by atomic mass is 9.64. The zero-order valence-electron chi connectivity index (χ0n) is 22.5. The Labute approximate surface area is 218 Å². The summed E-state index contributed by atoms with van der Waals surface area (Å²) in [5.74, 6) is 1.98. The van der Waals surface area contributed by atoms with Crippen LogP contribution in [0.3, 0.4) is 0 Å². The lowest BCUT2D eigenvalue weighted by molar-refractivity contribution is -0.105. The molecule has 0 amide bonds. The van der Waals surface area contributed by atoms with Crippen molar-refractivity contribution in [2.75, 3.05) is 27.2 Å². The van der Waals surface area contributed by atoms with Crippen molar-refractivity contribution in [2.45, 2.75) is 115 Å². The summed E-state index contributed by atoms with van der Waals surface area (Å²) in [5, 5.41) is 27.1. The van der Waals surface area contributed by atoms with Gasteiger partial charge in [-0.2, -0.15) is 0 Å². The van der Waals surface area contributed by atoms with Crippen molar-refractivity contribution in [3.63, 3.8) is 0 Å². The van der Waals surface area contributed by atoms with E-state index < -0.39 is 12.5 Å². The molecule has 0 aromatic heterocycles. The number of hydrogen-bond donors (Lipinski definition) is 3. The highest BCUT2D eigenvalue weighted by Gasteiger charge is 2.44. The summed E-state index contributed by atoms with van der Waals surface area (Å²) in [4.78, 5) is 2.28. The van der Waals surface area contributed by atoms with Gasteiger partial charge in [0.05, 0.1) is 6.04 Å². The topological polar surface area (TPSA) is 59.0 Å². The van der Waals surface area contributed by atoms with Crippen molar-refractivity contribution in [1.29, 1.82) is 0 Å². The van der Waals surface area contributed by atoms with Gasteiger partial charge in [-0.15, -0.1) is 11.6 Å². The zero-order chi connectivity index (χ0) is 25.0.